The Hall–Kier alpha value is -0.903. The molecule has 1 heterocycles. The summed E-state index contributed by atoms with van der Waals surface area (Å²) in [6, 6.07) is 14.3. The molecule has 1 aliphatic heterocycles. The second-order valence-corrected chi connectivity index (χ2v) is 11.8. The quantitative estimate of drug-likeness (QED) is 0.523. The van der Waals surface area contributed by atoms with Crippen molar-refractivity contribution in [1.82, 2.24) is 0 Å². The predicted octanol–water partition coefficient (Wildman–Crippen LogP) is 5.27. The van der Waals surface area contributed by atoms with Gasteiger partial charge in [0.1, 0.15) is 6.10 Å². The van der Waals surface area contributed by atoms with Gasteiger partial charge in [0.2, 0.25) is 0 Å². The molecule has 1 aliphatic carbocycles. The third kappa shape index (κ3) is 3.33. The molecule has 2 nitrogen and oxygen atoms in total. The van der Waals surface area contributed by atoms with Crippen LogP contribution < -0.4 is 0 Å². The van der Waals surface area contributed by atoms with Crippen LogP contribution in [-0.2, 0) is 9.16 Å². The van der Waals surface area contributed by atoms with E-state index in [1.807, 2.05) is 0 Å². The van der Waals surface area contributed by atoms with Gasteiger partial charge in [-0.15, -0.1) is 0 Å². The Kier molecular flexibility index (Phi) is 5.09. The van der Waals surface area contributed by atoms with Gasteiger partial charge < -0.3 is 9.16 Å². The van der Waals surface area contributed by atoms with Crippen LogP contribution in [0.15, 0.2) is 36.4 Å². The summed E-state index contributed by atoms with van der Waals surface area (Å²) < 4.78 is 12.9. The molecule has 2 aliphatic rings. The third-order valence-corrected chi connectivity index (χ3v) is 10.6. The highest BCUT2D eigenvalue weighted by atomic mass is 28.4. The SMILES string of the molecule is CC[Si](CC)(CC)O[C@@H]1CC=C(c2ccccc2)[C@H]2O[C@H]2[C@@H]1C. The van der Waals surface area contributed by atoms with Crippen molar-refractivity contribution >= 4 is 13.9 Å². The Morgan fingerprint density at radius 2 is 1.74 bits per heavy atom. The van der Waals surface area contributed by atoms with E-state index in [-0.39, 0.29) is 6.10 Å². The first-order chi connectivity index (χ1) is 11.1. The molecule has 1 aromatic rings. The molecule has 3 heteroatoms. The number of hydrogen-bond donors (Lipinski definition) is 0. The molecule has 0 saturated carbocycles. The fraction of sp³-hybridized carbons (Fsp3) is 0.600. The van der Waals surface area contributed by atoms with Crippen LogP contribution in [0, 0.1) is 5.92 Å². The second-order valence-electron chi connectivity index (χ2n) is 7.04. The number of ether oxygens (including phenoxy) is 1. The van der Waals surface area contributed by atoms with Crippen molar-refractivity contribution in [2.24, 2.45) is 5.92 Å². The summed E-state index contributed by atoms with van der Waals surface area (Å²) in [4.78, 5) is 0. The molecule has 1 saturated heterocycles. The van der Waals surface area contributed by atoms with Crippen molar-refractivity contribution < 1.29 is 9.16 Å². The number of rotatable bonds is 6. The molecule has 23 heavy (non-hydrogen) atoms. The monoisotopic (exact) mass is 330 g/mol. The van der Waals surface area contributed by atoms with Crippen LogP contribution in [-0.4, -0.2) is 26.6 Å². The first-order valence-corrected chi connectivity index (χ1v) is 11.8. The van der Waals surface area contributed by atoms with E-state index >= 15 is 0 Å². The van der Waals surface area contributed by atoms with E-state index in [0.717, 1.165) is 6.42 Å². The van der Waals surface area contributed by atoms with Gasteiger partial charge in [-0.3, -0.25) is 0 Å². The fourth-order valence-corrected chi connectivity index (χ4v) is 6.90. The van der Waals surface area contributed by atoms with Crippen molar-refractivity contribution in [3.05, 3.63) is 42.0 Å². The molecule has 0 unspecified atom stereocenters. The van der Waals surface area contributed by atoms with Crippen LogP contribution >= 0.6 is 0 Å². The summed E-state index contributed by atoms with van der Waals surface area (Å²) in [6.07, 6.45) is 4.34. The zero-order valence-electron chi connectivity index (χ0n) is 14.9. The summed E-state index contributed by atoms with van der Waals surface area (Å²) in [5, 5.41) is 0. The summed E-state index contributed by atoms with van der Waals surface area (Å²) >= 11 is 0. The van der Waals surface area contributed by atoms with E-state index in [0.29, 0.717) is 18.1 Å². The molecule has 0 spiro atoms. The summed E-state index contributed by atoms with van der Waals surface area (Å²) in [5.41, 5.74) is 2.67. The molecule has 0 amide bonds. The molecule has 0 aromatic heterocycles. The first-order valence-electron chi connectivity index (χ1n) is 9.23. The summed E-state index contributed by atoms with van der Waals surface area (Å²) in [6.45, 7) is 9.24. The molecule has 0 bridgehead atoms. The van der Waals surface area contributed by atoms with E-state index in [2.05, 4.69) is 64.1 Å². The number of benzene rings is 1. The first kappa shape index (κ1) is 16.9. The summed E-state index contributed by atoms with van der Waals surface area (Å²) in [5.74, 6) is 0.481. The maximum Gasteiger partial charge on any atom is 0.192 e. The molecule has 1 fully saturated rings. The molecular weight excluding hydrogens is 300 g/mol. The summed E-state index contributed by atoms with van der Waals surface area (Å²) in [7, 11) is -1.57. The Morgan fingerprint density at radius 1 is 1.09 bits per heavy atom. The zero-order valence-corrected chi connectivity index (χ0v) is 15.9. The van der Waals surface area contributed by atoms with Gasteiger partial charge in [-0.2, -0.15) is 0 Å². The highest BCUT2D eigenvalue weighted by molar-refractivity contribution is 6.73. The minimum atomic E-state index is -1.57. The topological polar surface area (TPSA) is 21.8 Å². The van der Waals surface area contributed by atoms with Crippen molar-refractivity contribution in [2.45, 2.75) is 70.6 Å². The van der Waals surface area contributed by atoms with Crippen molar-refractivity contribution in [2.75, 3.05) is 0 Å². The van der Waals surface area contributed by atoms with E-state index in [9.17, 15) is 0 Å². The van der Waals surface area contributed by atoms with E-state index in [1.165, 1.54) is 29.3 Å². The molecule has 0 radical (unpaired) electrons. The molecule has 1 aromatic carbocycles. The van der Waals surface area contributed by atoms with Gasteiger partial charge >= 0.3 is 0 Å². The highest BCUT2D eigenvalue weighted by Gasteiger charge is 2.50. The maximum absolute atomic E-state index is 6.81. The normalized spacial score (nSPS) is 30.3. The van der Waals surface area contributed by atoms with Gasteiger partial charge in [-0.1, -0.05) is 64.1 Å². The van der Waals surface area contributed by atoms with Crippen LogP contribution in [0.5, 0.6) is 0 Å². The maximum atomic E-state index is 6.81. The van der Waals surface area contributed by atoms with Crippen LogP contribution in [0.3, 0.4) is 0 Å². The van der Waals surface area contributed by atoms with E-state index < -0.39 is 8.32 Å². The van der Waals surface area contributed by atoms with E-state index in [1.54, 1.807) is 0 Å². The Labute approximate surface area is 142 Å². The lowest BCUT2D eigenvalue weighted by molar-refractivity contribution is 0.113. The van der Waals surface area contributed by atoms with Crippen LogP contribution in [0.2, 0.25) is 18.1 Å². The van der Waals surface area contributed by atoms with Crippen LogP contribution in [0.1, 0.15) is 39.7 Å². The molecule has 4 atom stereocenters. The molecule has 3 rings (SSSR count). The highest BCUT2D eigenvalue weighted by Crippen LogP contribution is 2.45. The van der Waals surface area contributed by atoms with Gasteiger partial charge in [0.05, 0.1) is 12.2 Å². The molecular formula is C20H30O2Si. The Morgan fingerprint density at radius 3 is 2.35 bits per heavy atom. The second kappa shape index (κ2) is 6.92. The van der Waals surface area contributed by atoms with Gasteiger partial charge in [-0.05, 0) is 35.7 Å². The lowest BCUT2D eigenvalue weighted by Crippen LogP contribution is -2.42. The predicted molar refractivity (Wildman–Crippen MR) is 98.9 cm³/mol. The van der Waals surface area contributed by atoms with Gasteiger partial charge in [-0.25, -0.2) is 0 Å². The Balaban J connectivity index is 1.81. The number of hydrogen-bond acceptors (Lipinski definition) is 2. The van der Waals surface area contributed by atoms with Gasteiger partial charge in [0.25, 0.3) is 0 Å². The standard InChI is InChI=1S/C20H30O2Si/c1-5-23(6-2,7-3)22-18-14-13-17(16-11-9-8-10-12-16)20-19(21-20)15(18)4/h8-13,15,18-20H,5-7,14H2,1-4H3/t15-,18-,19+,20-/m1/s1. The average Bonchev–Trinajstić information content (AvgIpc) is 3.39. The van der Waals surface area contributed by atoms with Crippen LogP contribution in [0.25, 0.3) is 5.57 Å². The third-order valence-electron chi connectivity index (χ3n) is 5.95. The van der Waals surface area contributed by atoms with Crippen molar-refractivity contribution in [3.8, 4) is 0 Å². The number of epoxide rings is 1. The molecule has 126 valence electrons. The van der Waals surface area contributed by atoms with Gasteiger partial charge in [0, 0.05) is 5.92 Å². The smallest absolute Gasteiger partial charge is 0.192 e. The number of fused-ring (bicyclic) bond motifs is 1. The van der Waals surface area contributed by atoms with E-state index in [4.69, 9.17) is 9.16 Å². The largest absolute Gasteiger partial charge is 0.413 e. The Bertz CT molecular complexity index is 542. The average molecular weight is 331 g/mol. The minimum Gasteiger partial charge on any atom is -0.413 e. The van der Waals surface area contributed by atoms with Crippen molar-refractivity contribution in [1.29, 1.82) is 0 Å². The fourth-order valence-electron chi connectivity index (χ4n) is 3.95. The van der Waals surface area contributed by atoms with Gasteiger partial charge in [0.15, 0.2) is 8.32 Å². The van der Waals surface area contributed by atoms with Crippen LogP contribution in [0.4, 0.5) is 0 Å². The lowest BCUT2D eigenvalue weighted by Gasteiger charge is -2.35. The zero-order chi connectivity index (χ0) is 16.4. The van der Waals surface area contributed by atoms with Crippen molar-refractivity contribution in [3.63, 3.8) is 0 Å². The molecule has 0 N–H and O–H groups in total. The lowest BCUT2D eigenvalue weighted by atomic mass is 9.97. The minimum absolute atomic E-state index is 0.280.